The summed E-state index contributed by atoms with van der Waals surface area (Å²) in [6.45, 7) is 1.83. The Morgan fingerprint density at radius 1 is 1.03 bits per heavy atom. The summed E-state index contributed by atoms with van der Waals surface area (Å²) in [5.74, 6) is 2.66. The van der Waals surface area contributed by atoms with Gasteiger partial charge in [0.05, 0.1) is 17.9 Å². The van der Waals surface area contributed by atoms with Crippen molar-refractivity contribution in [2.45, 2.75) is 30.7 Å². The summed E-state index contributed by atoms with van der Waals surface area (Å²) in [5, 5.41) is 10.7. The molecule has 1 aliphatic heterocycles. The van der Waals surface area contributed by atoms with Crippen LogP contribution < -0.4 is 4.74 Å². The summed E-state index contributed by atoms with van der Waals surface area (Å²) in [6, 6.07) is 18.2. The number of fused-ring (bicyclic) bond motifs is 2. The first-order chi connectivity index (χ1) is 15.6. The second-order valence-electron chi connectivity index (χ2n) is 7.53. The van der Waals surface area contributed by atoms with Crippen LogP contribution in [0.3, 0.4) is 0 Å². The van der Waals surface area contributed by atoms with E-state index in [2.05, 4.69) is 33.0 Å². The normalized spacial score (nSPS) is 12.1. The molecule has 0 bridgehead atoms. The van der Waals surface area contributed by atoms with E-state index in [4.69, 9.17) is 14.7 Å². The van der Waals surface area contributed by atoms with Gasteiger partial charge >= 0.3 is 0 Å². The fourth-order valence-electron chi connectivity index (χ4n) is 3.66. The maximum absolute atomic E-state index is 9.83. The van der Waals surface area contributed by atoms with E-state index in [1.165, 1.54) is 5.56 Å². The molecular weight excluding hydrogens is 486 g/mol. The molecule has 0 amide bonds. The van der Waals surface area contributed by atoms with E-state index in [9.17, 15) is 5.11 Å². The van der Waals surface area contributed by atoms with Gasteiger partial charge in [0.15, 0.2) is 11.6 Å². The molecule has 0 unspecified atom stereocenters. The molecule has 5 nitrogen and oxygen atoms in total. The van der Waals surface area contributed by atoms with Crippen LogP contribution >= 0.6 is 27.7 Å². The average molecular weight is 506 g/mol. The maximum Gasteiger partial charge on any atom is 0.227 e. The average Bonchev–Trinajstić information content (AvgIpc) is 2.83. The van der Waals surface area contributed by atoms with Crippen molar-refractivity contribution in [1.29, 1.82) is 0 Å². The van der Waals surface area contributed by atoms with Crippen molar-refractivity contribution in [3.8, 4) is 23.0 Å². The number of halogens is 1. The summed E-state index contributed by atoms with van der Waals surface area (Å²) in [7, 11) is 0. The van der Waals surface area contributed by atoms with E-state index >= 15 is 0 Å². The number of aromatic nitrogens is 3. The molecule has 0 aliphatic carbocycles. The van der Waals surface area contributed by atoms with Crippen molar-refractivity contribution in [1.82, 2.24) is 15.0 Å². The monoisotopic (exact) mass is 505 g/mol. The molecule has 0 saturated heterocycles. The third-order valence-corrected chi connectivity index (χ3v) is 7.00. The van der Waals surface area contributed by atoms with Gasteiger partial charge in [-0.25, -0.2) is 4.98 Å². The zero-order valence-corrected chi connectivity index (χ0v) is 19.8. The summed E-state index contributed by atoms with van der Waals surface area (Å²) in [4.78, 5) is 14.1. The van der Waals surface area contributed by atoms with Crippen molar-refractivity contribution in [2.75, 3.05) is 0 Å². The van der Waals surface area contributed by atoms with Gasteiger partial charge in [0.25, 0.3) is 0 Å². The number of aliphatic hydroxyl groups excluding tert-OH is 1. The first-order valence-electron chi connectivity index (χ1n) is 10.2. The lowest BCUT2D eigenvalue weighted by Gasteiger charge is -2.24. The SMILES string of the molecule is Cc1ncc(CO)c2c1Oc1nc(-c3ccccc3)nc(SCc3ccc(Br)cc3)c1C2. The molecule has 7 heteroatoms. The first-order valence-corrected chi connectivity index (χ1v) is 12.0. The molecule has 2 aromatic heterocycles. The van der Waals surface area contributed by atoms with Crippen LogP contribution in [-0.4, -0.2) is 20.1 Å². The summed E-state index contributed by atoms with van der Waals surface area (Å²) >= 11 is 5.16. The summed E-state index contributed by atoms with van der Waals surface area (Å²) < 4.78 is 7.33. The van der Waals surface area contributed by atoms with E-state index in [0.717, 1.165) is 43.2 Å². The molecule has 0 fully saturated rings. The van der Waals surface area contributed by atoms with E-state index in [0.29, 0.717) is 23.9 Å². The van der Waals surface area contributed by atoms with Gasteiger partial charge < -0.3 is 9.84 Å². The highest BCUT2D eigenvalue weighted by Gasteiger charge is 2.27. The van der Waals surface area contributed by atoms with Crippen molar-refractivity contribution in [3.05, 3.63) is 93.2 Å². The topological polar surface area (TPSA) is 68.1 Å². The molecule has 4 aromatic rings. The van der Waals surface area contributed by atoms with Gasteiger partial charge in [-0.3, -0.25) is 4.98 Å². The van der Waals surface area contributed by atoms with Gasteiger partial charge in [0.2, 0.25) is 5.88 Å². The van der Waals surface area contributed by atoms with Crippen LogP contribution in [0.4, 0.5) is 0 Å². The van der Waals surface area contributed by atoms with Crippen molar-refractivity contribution in [3.63, 3.8) is 0 Å². The van der Waals surface area contributed by atoms with Gasteiger partial charge in [-0.1, -0.05) is 58.4 Å². The van der Waals surface area contributed by atoms with Crippen LogP contribution in [0.5, 0.6) is 11.6 Å². The molecular formula is C25H20BrN3O2S. The molecule has 1 aliphatic rings. The van der Waals surface area contributed by atoms with Crippen LogP contribution in [0.2, 0.25) is 0 Å². The highest BCUT2D eigenvalue weighted by atomic mass is 79.9. The number of thioether (sulfide) groups is 1. The molecule has 0 radical (unpaired) electrons. The predicted octanol–water partition coefficient (Wildman–Crippen LogP) is 6.09. The van der Waals surface area contributed by atoms with Crippen LogP contribution in [0.25, 0.3) is 11.4 Å². The number of nitrogens with zero attached hydrogens (tertiary/aromatic N) is 3. The fourth-order valence-corrected chi connectivity index (χ4v) is 4.91. The van der Waals surface area contributed by atoms with Gasteiger partial charge in [-0.15, -0.1) is 11.8 Å². The highest BCUT2D eigenvalue weighted by Crippen LogP contribution is 2.43. The molecule has 3 heterocycles. The van der Waals surface area contributed by atoms with E-state index in [1.54, 1.807) is 18.0 Å². The Kier molecular flexibility index (Phi) is 5.95. The predicted molar refractivity (Wildman–Crippen MR) is 129 cm³/mol. The number of rotatable bonds is 5. The second-order valence-corrected chi connectivity index (χ2v) is 9.41. The zero-order valence-electron chi connectivity index (χ0n) is 17.4. The summed E-state index contributed by atoms with van der Waals surface area (Å²) in [6.07, 6.45) is 2.32. The van der Waals surface area contributed by atoms with Crippen LogP contribution in [0, 0.1) is 6.92 Å². The van der Waals surface area contributed by atoms with E-state index in [1.807, 2.05) is 49.4 Å². The molecule has 0 atom stereocenters. The van der Waals surface area contributed by atoms with Crippen molar-refractivity contribution < 1.29 is 9.84 Å². The van der Waals surface area contributed by atoms with Crippen molar-refractivity contribution in [2.24, 2.45) is 0 Å². The van der Waals surface area contributed by atoms with Gasteiger partial charge in [0, 0.05) is 39.5 Å². The Bertz CT molecular complexity index is 1280. The lowest BCUT2D eigenvalue weighted by Crippen LogP contribution is -2.13. The molecule has 0 spiro atoms. The number of hydrogen-bond donors (Lipinski definition) is 1. The Morgan fingerprint density at radius 3 is 2.56 bits per heavy atom. The molecule has 1 N–H and O–H groups in total. The van der Waals surface area contributed by atoms with Gasteiger partial charge in [-0.05, 0) is 24.6 Å². The molecule has 32 heavy (non-hydrogen) atoms. The van der Waals surface area contributed by atoms with Gasteiger partial charge in [0.1, 0.15) is 5.03 Å². The highest BCUT2D eigenvalue weighted by molar-refractivity contribution is 9.10. The van der Waals surface area contributed by atoms with Gasteiger partial charge in [-0.2, -0.15) is 4.98 Å². The Balaban J connectivity index is 1.58. The van der Waals surface area contributed by atoms with Crippen LogP contribution in [0.1, 0.15) is 27.9 Å². The fraction of sp³-hybridized carbons (Fsp3) is 0.160. The van der Waals surface area contributed by atoms with E-state index < -0.39 is 0 Å². The number of hydrogen-bond acceptors (Lipinski definition) is 6. The second kappa shape index (κ2) is 9.02. The van der Waals surface area contributed by atoms with Crippen molar-refractivity contribution >= 4 is 27.7 Å². The van der Waals surface area contributed by atoms with E-state index in [-0.39, 0.29) is 6.61 Å². The minimum Gasteiger partial charge on any atom is -0.436 e. The number of aryl methyl sites for hydroxylation is 1. The smallest absolute Gasteiger partial charge is 0.227 e. The third kappa shape index (κ3) is 4.16. The molecule has 160 valence electrons. The minimum atomic E-state index is -0.0847. The standard InChI is InChI=1S/C25H20BrN3O2S/c1-15-22-20(18(13-30)12-27-15)11-21-24(31-22)28-23(17-5-3-2-4-6-17)29-25(21)32-14-16-7-9-19(26)10-8-16/h2-10,12,30H,11,13-14H2,1H3. The lowest BCUT2D eigenvalue weighted by atomic mass is 9.99. The quantitative estimate of drug-likeness (QED) is 0.230. The molecule has 5 rings (SSSR count). The Hall–Kier alpha value is -2.74. The largest absolute Gasteiger partial charge is 0.436 e. The number of benzene rings is 2. The number of aliphatic hydroxyl groups is 1. The zero-order chi connectivity index (χ0) is 22.1. The number of ether oxygens (including phenoxy) is 1. The first kappa shape index (κ1) is 21.1. The number of pyridine rings is 1. The Morgan fingerprint density at radius 2 is 1.81 bits per heavy atom. The van der Waals surface area contributed by atoms with Crippen LogP contribution in [0.15, 0.2) is 70.3 Å². The maximum atomic E-state index is 9.83. The minimum absolute atomic E-state index is 0.0847. The van der Waals surface area contributed by atoms with Crippen LogP contribution in [-0.2, 0) is 18.8 Å². The molecule has 0 saturated carbocycles. The summed E-state index contributed by atoms with van der Waals surface area (Å²) in [5.41, 5.74) is 5.60. The molecule has 2 aromatic carbocycles. The Labute approximate surface area is 199 Å². The third-order valence-electron chi connectivity index (χ3n) is 5.38. The lowest BCUT2D eigenvalue weighted by molar-refractivity contribution is 0.278.